The Morgan fingerprint density at radius 2 is 0.867 bits per heavy atom. The van der Waals surface area contributed by atoms with Crippen molar-refractivity contribution >= 4 is 114 Å². The van der Waals surface area contributed by atoms with E-state index in [0.29, 0.717) is 0 Å². The molecule has 0 saturated carbocycles. The molecule has 0 bridgehead atoms. The van der Waals surface area contributed by atoms with Crippen LogP contribution in [0.5, 0.6) is 0 Å². The summed E-state index contributed by atoms with van der Waals surface area (Å²) in [5, 5.41) is 11.8. The lowest BCUT2D eigenvalue weighted by Crippen LogP contribution is -2.10. The van der Waals surface area contributed by atoms with Crippen LogP contribution in [0.4, 0.5) is 17.1 Å². The Morgan fingerprint density at radius 1 is 0.350 bits per heavy atom. The van der Waals surface area contributed by atoms with Crippen LogP contribution in [0.25, 0.3) is 108 Å². The van der Waals surface area contributed by atoms with Crippen molar-refractivity contribution < 1.29 is 8.83 Å². The van der Waals surface area contributed by atoms with E-state index in [-0.39, 0.29) is 0 Å². The predicted octanol–water partition coefficient (Wildman–Crippen LogP) is 17.0. The number of para-hydroxylation sites is 4. The van der Waals surface area contributed by atoms with Gasteiger partial charge < -0.3 is 13.7 Å². The molecule has 13 aromatic rings. The number of hydrogen-bond donors (Lipinski definition) is 0. The molecule has 3 heterocycles. The normalized spacial score (nSPS) is 12.0. The van der Waals surface area contributed by atoms with Gasteiger partial charge in [-0.2, -0.15) is 0 Å². The number of thiophene rings is 1. The zero-order chi connectivity index (χ0) is 39.3. The molecule has 0 N–H and O–H groups in total. The van der Waals surface area contributed by atoms with Crippen molar-refractivity contribution in [1.82, 2.24) is 0 Å². The zero-order valence-electron chi connectivity index (χ0n) is 32.2. The van der Waals surface area contributed by atoms with E-state index in [0.717, 1.165) is 83.2 Å². The number of fused-ring (bicyclic) bond motifs is 12. The summed E-state index contributed by atoms with van der Waals surface area (Å²) in [6.07, 6.45) is 0. The van der Waals surface area contributed by atoms with Gasteiger partial charge in [0.15, 0.2) is 0 Å². The first-order valence-electron chi connectivity index (χ1n) is 20.3. The molecule has 0 saturated heterocycles. The molecule has 0 amide bonds. The summed E-state index contributed by atoms with van der Waals surface area (Å²) in [7, 11) is 0. The SMILES string of the molecule is c1ccc2c(c1)oc1c(-c3ccc(N(c4ccc5ccc6ccc(-c7cccc8c7oc7ccccc78)cc6c5c4)c4cccc5sc6ccccc6c45)cc3)cccc12. The van der Waals surface area contributed by atoms with E-state index in [1.54, 1.807) is 0 Å². The molecule has 3 aromatic heterocycles. The molecule has 3 nitrogen and oxygen atoms in total. The highest BCUT2D eigenvalue weighted by Crippen LogP contribution is 2.47. The van der Waals surface area contributed by atoms with Gasteiger partial charge in [0.05, 0.1) is 5.69 Å². The molecule has 0 radical (unpaired) electrons. The predicted molar refractivity (Wildman–Crippen MR) is 254 cm³/mol. The maximum Gasteiger partial charge on any atom is 0.143 e. The summed E-state index contributed by atoms with van der Waals surface area (Å²) < 4.78 is 15.5. The third-order valence-electron chi connectivity index (χ3n) is 12.3. The Kier molecular flexibility index (Phi) is 7.18. The molecule has 0 aliphatic rings. The van der Waals surface area contributed by atoms with Gasteiger partial charge in [-0.05, 0) is 93.3 Å². The molecule has 4 heteroatoms. The van der Waals surface area contributed by atoms with Crippen molar-refractivity contribution in [2.75, 3.05) is 4.90 Å². The van der Waals surface area contributed by atoms with Crippen molar-refractivity contribution in [3.05, 3.63) is 200 Å². The van der Waals surface area contributed by atoms with Crippen molar-refractivity contribution in [3.63, 3.8) is 0 Å². The van der Waals surface area contributed by atoms with Gasteiger partial charge in [-0.15, -0.1) is 11.3 Å². The van der Waals surface area contributed by atoms with E-state index in [1.165, 1.54) is 41.7 Å². The maximum atomic E-state index is 6.51. The minimum absolute atomic E-state index is 0.904. The van der Waals surface area contributed by atoms with Crippen LogP contribution in [0.1, 0.15) is 0 Å². The average Bonchev–Trinajstić information content (AvgIpc) is 4.01. The highest BCUT2D eigenvalue weighted by atomic mass is 32.1. The fraction of sp³-hybridized carbons (Fsp3) is 0. The molecular formula is C56H33NO2S. The van der Waals surface area contributed by atoms with E-state index >= 15 is 0 Å². The van der Waals surface area contributed by atoms with Crippen LogP contribution in [0, 0.1) is 0 Å². The van der Waals surface area contributed by atoms with Crippen LogP contribution in [-0.2, 0) is 0 Å². The summed E-state index contributed by atoms with van der Waals surface area (Å²) >= 11 is 1.85. The first-order valence-corrected chi connectivity index (χ1v) is 21.1. The van der Waals surface area contributed by atoms with Crippen molar-refractivity contribution in [3.8, 4) is 22.3 Å². The fourth-order valence-corrected chi connectivity index (χ4v) is 10.6. The van der Waals surface area contributed by atoms with Gasteiger partial charge in [0.1, 0.15) is 22.3 Å². The van der Waals surface area contributed by atoms with Gasteiger partial charge in [0.2, 0.25) is 0 Å². The van der Waals surface area contributed by atoms with Crippen LogP contribution >= 0.6 is 11.3 Å². The summed E-state index contributed by atoms with van der Waals surface area (Å²) in [4.78, 5) is 2.43. The summed E-state index contributed by atoms with van der Waals surface area (Å²) in [5.74, 6) is 0. The molecule has 0 aliphatic heterocycles. The fourth-order valence-electron chi connectivity index (χ4n) is 9.45. The van der Waals surface area contributed by atoms with Gasteiger partial charge in [0.25, 0.3) is 0 Å². The Morgan fingerprint density at radius 3 is 1.58 bits per heavy atom. The molecule has 0 aliphatic carbocycles. The van der Waals surface area contributed by atoms with Crippen molar-refractivity contribution in [2.24, 2.45) is 0 Å². The van der Waals surface area contributed by atoms with Crippen LogP contribution in [0.3, 0.4) is 0 Å². The number of furan rings is 2. The highest BCUT2D eigenvalue weighted by Gasteiger charge is 2.21. The second-order valence-electron chi connectivity index (χ2n) is 15.6. The van der Waals surface area contributed by atoms with Gasteiger partial charge >= 0.3 is 0 Å². The molecule has 0 atom stereocenters. The molecule has 60 heavy (non-hydrogen) atoms. The Bertz CT molecular complexity index is 3850. The third-order valence-corrected chi connectivity index (χ3v) is 13.4. The van der Waals surface area contributed by atoms with Crippen LogP contribution < -0.4 is 4.90 Å². The second-order valence-corrected chi connectivity index (χ2v) is 16.7. The van der Waals surface area contributed by atoms with E-state index in [1.807, 2.05) is 35.6 Å². The number of anilines is 3. The lowest BCUT2D eigenvalue weighted by Gasteiger charge is -2.27. The maximum absolute atomic E-state index is 6.51. The Hall–Kier alpha value is -7.66. The monoisotopic (exact) mass is 783 g/mol. The van der Waals surface area contributed by atoms with E-state index in [2.05, 4.69) is 181 Å². The number of benzene rings is 10. The first kappa shape index (κ1) is 33.3. The van der Waals surface area contributed by atoms with E-state index < -0.39 is 0 Å². The van der Waals surface area contributed by atoms with Gasteiger partial charge in [-0.3, -0.25) is 0 Å². The van der Waals surface area contributed by atoms with Crippen molar-refractivity contribution in [1.29, 1.82) is 0 Å². The minimum atomic E-state index is 0.904. The van der Waals surface area contributed by atoms with Crippen LogP contribution in [-0.4, -0.2) is 0 Å². The Balaban J connectivity index is 1.01. The lowest BCUT2D eigenvalue weighted by atomic mass is 9.95. The molecule has 13 rings (SSSR count). The standard InChI is InChI=1S/C56H33NO2S/c1-4-18-50-42(10-1)44-15-7-13-40(55(44)58-50)34-26-29-38(30-27-34)57(49-17-9-21-53-54(49)46-12-3-6-20-52(46)60-53)39-31-28-36-23-22-35-24-25-37(32-47(35)48(36)33-39)41-14-8-16-45-43-11-2-5-19-51(43)59-56(41)45/h1-33H. The van der Waals surface area contributed by atoms with E-state index in [4.69, 9.17) is 8.83 Å². The summed E-state index contributed by atoms with van der Waals surface area (Å²) in [5.41, 5.74) is 11.4. The first-order chi connectivity index (χ1) is 29.7. The molecular weight excluding hydrogens is 751 g/mol. The molecule has 0 fully saturated rings. The summed E-state index contributed by atoms with van der Waals surface area (Å²) in [6, 6.07) is 72.1. The van der Waals surface area contributed by atoms with Crippen molar-refractivity contribution in [2.45, 2.75) is 0 Å². The van der Waals surface area contributed by atoms with Crippen LogP contribution in [0.2, 0.25) is 0 Å². The van der Waals surface area contributed by atoms with Crippen LogP contribution in [0.15, 0.2) is 209 Å². The molecule has 10 aromatic carbocycles. The average molecular weight is 784 g/mol. The van der Waals surface area contributed by atoms with Gasteiger partial charge in [-0.1, -0.05) is 140 Å². The molecule has 280 valence electrons. The van der Waals surface area contributed by atoms with E-state index in [9.17, 15) is 0 Å². The third kappa shape index (κ3) is 5.01. The lowest BCUT2D eigenvalue weighted by molar-refractivity contribution is 0.669. The topological polar surface area (TPSA) is 29.5 Å². The molecule has 0 spiro atoms. The van der Waals surface area contributed by atoms with Gasteiger partial charge in [0, 0.05) is 64.2 Å². The molecule has 0 unspecified atom stereocenters. The highest BCUT2D eigenvalue weighted by molar-refractivity contribution is 7.26. The Labute approximate surface area is 348 Å². The number of nitrogens with zero attached hydrogens (tertiary/aromatic N) is 1. The zero-order valence-corrected chi connectivity index (χ0v) is 33.0. The quantitative estimate of drug-likeness (QED) is 0.163. The summed E-state index contributed by atoms with van der Waals surface area (Å²) in [6.45, 7) is 0. The largest absolute Gasteiger partial charge is 0.455 e. The second kappa shape index (κ2) is 12.9. The number of rotatable bonds is 5. The van der Waals surface area contributed by atoms with Gasteiger partial charge in [-0.25, -0.2) is 0 Å². The minimum Gasteiger partial charge on any atom is -0.455 e. The number of hydrogen-bond acceptors (Lipinski definition) is 4. The smallest absolute Gasteiger partial charge is 0.143 e.